The summed E-state index contributed by atoms with van der Waals surface area (Å²) < 4.78 is 7.80. The van der Waals surface area contributed by atoms with Crippen LogP contribution in [0, 0.1) is 11.3 Å². The van der Waals surface area contributed by atoms with Crippen LogP contribution in [0.25, 0.3) is 27.8 Å². The minimum atomic E-state index is 0.613. The standard InChI is InChI=1S/C22H17N3O/c1-2-26-22-9-4-3-8-19(22)17-6-5-7-18(13-17)25-15-24-20-12-16(14-23)10-11-21(20)25/h3-13,15H,2H2,1H3. The summed E-state index contributed by atoms with van der Waals surface area (Å²) in [5, 5.41) is 9.06. The van der Waals surface area contributed by atoms with Gasteiger partial charge in [0.15, 0.2) is 0 Å². The lowest BCUT2D eigenvalue weighted by molar-refractivity contribution is 0.341. The third-order valence-corrected chi connectivity index (χ3v) is 4.30. The van der Waals surface area contributed by atoms with Crippen molar-refractivity contribution in [3.63, 3.8) is 0 Å². The molecular formula is C22H17N3O. The van der Waals surface area contributed by atoms with Gasteiger partial charge in [-0.1, -0.05) is 30.3 Å². The summed E-state index contributed by atoms with van der Waals surface area (Å²) in [7, 11) is 0. The highest BCUT2D eigenvalue weighted by molar-refractivity contribution is 5.80. The van der Waals surface area contributed by atoms with E-state index in [-0.39, 0.29) is 0 Å². The quantitative estimate of drug-likeness (QED) is 0.528. The van der Waals surface area contributed by atoms with E-state index in [0.717, 1.165) is 33.6 Å². The van der Waals surface area contributed by atoms with Crippen molar-refractivity contribution in [1.82, 2.24) is 9.55 Å². The average Bonchev–Trinajstić information content (AvgIpc) is 3.12. The molecule has 1 heterocycles. The number of hydrogen-bond acceptors (Lipinski definition) is 3. The zero-order valence-electron chi connectivity index (χ0n) is 14.4. The Kier molecular flexibility index (Phi) is 4.12. The van der Waals surface area contributed by atoms with Crippen LogP contribution in [0.1, 0.15) is 12.5 Å². The number of fused-ring (bicyclic) bond motifs is 1. The van der Waals surface area contributed by atoms with E-state index >= 15 is 0 Å². The topological polar surface area (TPSA) is 50.8 Å². The van der Waals surface area contributed by atoms with Gasteiger partial charge in [0.25, 0.3) is 0 Å². The number of hydrogen-bond donors (Lipinski definition) is 0. The van der Waals surface area contributed by atoms with E-state index in [1.807, 2.05) is 54.0 Å². The number of benzene rings is 3. The van der Waals surface area contributed by atoms with Gasteiger partial charge in [0, 0.05) is 11.3 Å². The van der Waals surface area contributed by atoms with Gasteiger partial charge in [0.1, 0.15) is 12.1 Å². The van der Waals surface area contributed by atoms with Gasteiger partial charge in [-0.15, -0.1) is 0 Å². The second-order valence-electron chi connectivity index (χ2n) is 5.91. The smallest absolute Gasteiger partial charge is 0.127 e. The molecule has 126 valence electrons. The minimum Gasteiger partial charge on any atom is -0.493 e. The predicted octanol–water partition coefficient (Wildman–Crippen LogP) is 4.96. The van der Waals surface area contributed by atoms with Crippen molar-refractivity contribution < 1.29 is 4.74 Å². The number of imidazole rings is 1. The minimum absolute atomic E-state index is 0.613. The molecule has 0 saturated carbocycles. The fraction of sp³-hybridized carbons (Fsp3) is 0.0909. The van der Waals surface area contributed by atoms with Gasteiger partial charge in [0.05, 0.1) is 29.3 Å². The van der Waals surface area contributed by atoms with Crippen LogP contribution in [0.4, 0.5) is 0 Å². The summed E-state index contributed by atoms with van der Waals surface area (Å²) in [6.45, 7) is 2.62. The van der Waals surface area contributed by atoms with Gasteiger partial charge in [-0.05, 0) is 48.9 Å². The van der Waals surface area contributed by atoms with Gasteiger partial charge >= 0.3 is 0 Å². The van der Waals surface area contributed by atoms with E-state index < -0.39 is 0 Å². The molecule has 0 aliphatic carbocycles. The summed E-state index contributed by atoms with van der Waals surface area (Å²) >= 11 is 0. The molecule has 0 fully saturated rings. The van der Waals surface area contributed by atoms with Gasteiger partial charge in [-0.2, -0.15) is 5.26 Å². The Labute approximate surface area is 151 Å². The Morgan fingerprint density at radius 3 is 2.77 bits per heavy atom. The molecule has 0 spiro atoms. The van der Waals surface area contributed by atoms with Gasteiger partial charge in [-0.25, -0.2) is 4.98 Å². The van der Waals surface area contributed by atoms with Crippen LogP contribution in [0.2, 0.25) is 0 Å². The van der Waals surface area contributed by atoms with Crippen LogP contribution < -0.4 is 4.74 Å². The fourth-order valence-electron chi connectivity index (χ4n) is 3.10. The van der Waals surface area contributed by atoms with E-state index in [1.54, 1.807) is 12.4 Å². The highest BCUT2D eigenvalue weighted by Gasteiger charge is 2.09. The number of nitrogens with zero attached hydrogens (tertiary/aromatic N) is 3. The molecule has 0 N–H and O–H groups in total. The SMILES string of the molecule is CCOc1ccccc1-c1cccc(-n2cnc3cc(C#N)ccc32)c1. The molecule has 26 heavy (non-hydrogen) atoms. The van der Waals surface area contributed by atoms with Crippen molar-refractivity contribution in [3.8, 4) is 28.6 Å². The van der Waals surface area contributed by atoms with E-state index in [4.69, 9.17) is 10.00 Å². The molecule has 0 unspecified atom stereocenters. The van der Waals surface area contributed by atoms with Crippen molar-refractivity contribution >= 4 is 11.0 Å². The molecule has 0 bridgehead atoms. The highest BCUT2D eigenvalue weighted by Crippen LogP contribution is 2.31. The molecule has 0 aliphatic rings. The van der Waals surface area contributed by atoms with Crippen molar-refractivity contribution in [1.29, 1.82) is 5.26 Å². The molecule has 4 rings (SSSR count). The zero-order chi connectivity index (χ0) is 17.9. The third kappa shape index (κ3) is 2.80. The van der Waals surface area contributed by atoms with Crippen LogP contribution in [-0.4, -0.2) is 16.2 Å². The lowest BCUT2D eigenvalue weighted by Gasteiger charge is -2.12. The summed E-state index contributed by atoms with van der Waals surface area (Å²) in [5.41, 5.74) is 5.56. The molecule has 0 atom stereocenters. The highest BCUT2D eigenvalue weighted by atomic mass is 16.5. The van der Waals surface area contributed by atoms with Crippen LogP contribution in [0.15, 0.2) is 73.1 Å². The van der Waals surface area contributed by atoms with E-state index in [0.29, 0.717) is 12.2 Å². The van der Waals surface area contributed by atoms with Crippen LogP contribution in [0.5, 0.6) is 5.75 Å². The second kappa shape index (κ2) is 6.73. The normalized spacial score (nSPS) is 10.6. The number of nitriles is 1. The van der Waals surface area contributed by atoms with Gasteiger partial charge in [0.2, 0.25) is 0 Å². The fourth-order valence-corrected chi connectivity index (χ4v) is 3.10. The Morgan fingerprint density at radius 2 is 1.92 bits per heavy atom. The lowest BCUT2D eigenvalue weighted by atomic mass is 10.0. The monoisotopic (exact) mass is 339 g/mol. The van der Waals surface area contributed by atoms with Crippen molar-refractivity contribution in [2.24, 2.45) is 0 Å². The van der Waals surface area contributed by atoms with E-state index in [2.05, 4.69) is 29.3 Å². The molecule has 0 amide bonds. The van der Waals surface area contributed by atoms with Crippen molar-refractivity contribution in [3.05, 3.63) is 78.6 Å². The van der Waals surface area contributed by atoms with Crippen molar-refractivity contribution in [2.75, 3.05) is 6.61 Å². The maximum atomic E-state index is 9.06. The Morgan fingerprint density at radius 1 is 1.04 bits per heavy atom. The molecular weight excluding hydrogens is 322 g/mol. The number of para-hydroxylation sites is 1. The first-order valence-electron chi connectivity index (χ1n) is 8.50. The first-order valence-corrected chi connectivity index (χ1v) is 8.50. The lowest BCUT2D eigenvalue weighted by Crippen LogP contribution is -1.95. The third-order valence-electron chi connectivity index (χ3n) is 4.30. The Hall–Kier alpha value is -3.58. The van der Waals surface area contributed by atoms with Crippen LogP contribution in [-0.2, 0) is 0 Å². The number of rotatable bonds is 4. The first kappa shape index (κ1) is 15.9. The largest absolute Gasteiger partial charge is 0.493 e. The number of aromatic nitrogens is 2. The molecule has 4 nitrogen and oxygen atoms in total. The summed E-state index contributed by atoms with van der Waals surface area (Å²) in [6, 6.07) is 24.0. The average molecular weight is 339 g/mol. The number of ether oxygens (including phenoxy) is 1. The molecule has 1 aromatic heterocycles. The molecule has 3 aromatic carbocycles. The zero-order valence-corrected chi connectivity index (χ0v) is 14.4. The second-order valence-corrected chi connectivity index (χ2v) is 5.91. The first-order chi connectivity index (χ1) is 12.8. The van der Waals surface area contributed by atoms with Gasteiger partial charge < -0.3 is 4.74 Å². The van der Waals surface area contributed by atoms with E-state index in [1.165, 1.54) is 0 Å². The van der Waals surface area contributed by atoms with Crippen LogP contribution in [0.3, 0.4) is 0 Å². The summed E-state index contributed by atoms with van der Waals surface area (Å²) in [6.07, 6.45) is 1.79. The molecule has 4 heteroatoms. The van der Waals surface area contributed by atoms with Crippen LogP contribution >= 0.6 is 0 Å². The molecule has 4 aromatic rings. The Balaban J connectivity index is 1.81. The summed E-state index contributed by atoms with van der Waals surface area (Å²) in [4.78, 5) is 4.44. The molecule has 0 saturated heterocycles. The Bertz CT molecular complexity index is 1120. The molecule has 0 radical (unpaired) electrons. The maximum absolute atomic E-state index is 9.06. The van der Waals surface area contributed by atoms with E-state index in [9.17, 15) is 0 Å². The maximum Gasteiger partial charge on any atom is 0.127 e. The van der Waals surface area contributed by atoms with Crippen molar-refractivity contribution in [2.45, 2.75) is 6.92 Å². The summed E-state index contributed by atoms with van der Waals surface area (Å²) in [5.74, 6) is 0.876. The molecule has 0 aliphatic heterocycles. The van der Waals surface area contributed by atoms with Gasteiger partial charge in [-0.3, -0.25) is 4.57 Å². The predicted molar refractivity (Wildman–Crippen MR) is 102 cm³/mol.